The van der Waals surface area contributed by atoms with E-state index in [-0.39, 0.29) is 5.78 Å². The lowest BCUT2D eigenvalue weighted by atomic mass is 10.00. The summed E-state index contributed by atoms with van der Waals surface area (Å²) in [4.78, 5) is 12.0. The molecule has 102 valence electrons. The monoisotopic (exact) mass is 268 g/mol. The Morgan fingerprint density at radius 3 is 2.60 bits per heavy atom. The molecule has 0 radical (unpaired) electrons. The van der Waals surface area contributed by atoms with E-state index < -0.39 is 5.60 Å². The number of carbonyl (C=O) groups is 1. The Morgan fingerprint density at radius 1 is 1.10 bits per heavy atom. The molecule has 0 unspecified atom stereocenters. The minimum absolute atomic E-state index is 0.0158. The van der Waals surface area contributed by atoms with Gasteiger partial charge in [0.1, 0.15) is 18.1 Å². The van der Waals surface area contributed by atoms with Crippen LogP contribution in [0, 0.1) is 0 Å². The maximum absolute atomic E-state index is 12.0. The van der Waals surface area contributed by atoms with E-state index in [0.29, 0.717) is 23.7 Å². The fourth-order valence-corrected chi connectivity index (χ4v) is 2.25. The minimum atomic E-state index is -0.777. The highest BCUT2D eigenvalue weighted by Gasteiger charge is 2.39. The molecule has 2 aromatic carbocycles. The van der Waals surface area contributed by atoms with Crippen LogP contribution >= 0.6 is 0 Å². The molecule has 0 spiro atoms. The van der Waals surface area contributed by atoms with Crippen LogP contribution in [0.2, 0.25) is 0 Å². The molecule has 1 heterocycles. The number of ether oxygens (including phenoxy) is 2. The van der Waals surface area contributed by atoms with E-state index in [1.54, 1.807) is 26.0 Å². The zero-order valence-electron chi connectivity index (χ0n) is 11.6. The smallest absolute Gasteiger partial charge is 0.209 e. The van der Waals surface area contributed by atoms with Crippen LogP contribution in [0.5, 0.6) is 11.5 Å². The predicted octanol–water partition coefficient (Wildman–Crippen LogP) is 3.62. The van der Waals surface area contributed by atoms with E-state index in [1.165, 1.54) is 0 Å². The first kappa shape index (κ1) is 12.7. The molecule has 0 amide bonds. The van der Waals surface area contributed by atoms with Crippen molar-refractivity contribution in [2.24, 2.45) is 0 Å². The van der Waals surface area contributed by atoms with Crippen molar-refractivity contribution in [1.29, 1.82) is 0 Å². The molecule has 0 fully saturated rings. The first-order valence-corrected chi connectivity index (χ1v) is 6.61. The maximum Gasteiger partial charge on any atom is 0.209 e. The number of rotatable bonds is 3. The number of carbonyl (C=O) groups excluding carboxylic acids is 1. The van der Waals surface area contributed by atoms with Crippen LogP contribution in [0.1, 0.15) is 29.8 Å². The van der Waals surface area contributed by atoms with Crippen molar-refractivity contribution < 1.29 is 14.3 Å². The molecule has 0 saturated carbocycles. The summed E-state index contributed by atoms with van der Waals surface area (Å²) in [6.07, 6.45) is 0. The lowest BCUT2D eigenvalue weighted by Gasteiger charge is -2.15. The van der Waals surface area contributed by atoms with Crippen molar-refractivity contribution in [3.8, 4) is 11.5 Å². The molecule has 1 aliphatic rings. The molecule has 0 N–H and O–H groups in total. The van der Waals surface area contributed by atoms with Gasteiger partial charge in [-0.05, 0) is 31.5 Å². The zero-order valence-corrected chi connectivity index (χ0v) is 11.6. The van der Waals surface area contributed by atoms with E-state index in [2.05, 4.69) is 0 Å². The van der Waals surface area contributed by atoms with Crippen molar-refractivity contribution in [3.05, 3.63) is 59.7 Å². The van der Waals surface area contributed by atoms with Gasteiger partial charge >= 0.3 is 0 Å². The molecule has 3 heteroatoms. The molecule has 0 saturated heterocycles. The number of fused-ring (bicyclic) bond motifs is 1. The maximum atomic E-state index is 12.0. The summed E-state index contributed by atoms with van der Waals surface area (Å²) < 4.78 is 11.4. The summed E-state index contributed by atoms with van der Waals surface area (Å²) in [6.45, 7) is 4.05. The Kier molecular flexibility index (Phi) is 2.97. The van der Waals surface area contributed by atoms with Crippen LogP contribution in [0.3, 0.4) is 0 Å². The van der Waals surface area contributed by atoms with Crippen LogP contribution in [-0.2, 0) is 6.61 Å². The normalized spacial score (nSPS) is 15.6. The molecule has 0 bridgehead atoms. The molecule has 0 atom stereocenters. The van der Waals surface area contributed by atoms with Crippen LogP contribution < -0.4 is 9.47 Å². The van der Waals surface area contributed by atoms with Gasteiger partial charge in [-0.15, -0.1) is 0 Å². The summed E-state index contributed by atoms with van der Waals surface area (Å²) in [6, 6.07) is 15.3. The third-order valence-corrected chi connectivity index (χ3v) is 3.36. The fourth-order valence-electron chi connectivity index (χ4n) is 2.25. The molecule has 3 nitrogen and oxygen atoms in total. The second-order valence-corrected chi connectivity index (χ2v) is 5.37. The van der Waals surface area contributed by atoms with Gasteiger partial charge in [0.15, 0.2) is 5.60 Å². The first-order valence-electron chi connectivity index (χ1n) is 6.61. The number of Topliss-reactive ketones (excluding diaryl/α,β-unsaturated/α-hetero) is 1. The number of hydrogen-bond acceptors (Lipinski definition) is 3. The van der Waals surface area contributed by atoms with Crippen molar-refractivity contribution in [3.63, 3.8) is 0 Å². The molecule has 3 rings (SSSR count). The SMILES string of the molecule is CC1(C)Oc2cc(OCc3ccccc3)ccc2C1=O. The quantitative estimate of drug-likeness (QED) is 0.853. The molecule has 2 aromatic rings. The van der Waals surface area contributed by atoms with Crippen molar-refractivity contribution in [2.75, 3.05) is 0 Å². The van der Waals surface area contributed by atoms with Crippen molar-refractivity contribution in [2.45, 2.75) is 26.1 Å². The molecular formula is C17H16O3. The van der Waals surface area contributed by atoms with Gasteiger partial charge in [0.05, 0.1) is 5.56 Å². The highest BCUT2D eigenvalue weighted by atomic mass is 16.5. The molecule has 0 aromatic heterocycles. The third kappa shape index (κ3) is 2.27. The van der Waals surface area contributed by atoms with Crippen LogP contribution in [-0.4, -0.2) is 11.4 Å². The standard InChI is InChI=1S/C17H16O3/c1-17(2)16(18)14-9-8-13(10-15(14)20-17)19-11-12-6-4-3-5-7-12/h3-10H,11H2,1-2H3. The topological polar surface area (TPSA) is 35.5 Å². The summed E-state index contributed by atoms with van der Waals surface area (Å²) >= 11 is 0. The first-order chi connectivity index (χ1) is 9.56. The number of hydrogen-bond donors (Lipinski definition) is 0. The lowest BCUT2D eigenvalue weighted by Crippen LogP contribution is -2.31. The van der Waals surface area contributed by atoms with E-state index >= 15 is 0 Å². The Bertz CT molecular complexity index is 645. The fraction of sp³-hybridized carbons (Fsp3) is 0.235. The van der Waals surface area contributed by atoms with Gasteiger partial charge < -0.3 is 9.47 Å². The third-order valence-electron chi connectivity index (χ3n) is 3.36. The Balaban J connectivity index is 1.76. The van der Waals surface area contributed by atoms with E-state index in [1.807, 2.05) is 36.4 Å². The van der Waals surface area contributed by atoms with Gasteiger partial charge in [0, 0.05) is 6.07 Å². The Morgan fingerprint density at radius 2 is 1.85 bits per heavy atom. The average molecular weight is 268 g/mol. The van der Waals surface area contributed by atoms with Gasteiger partial charge in [-0.3, -0.25) is 4.79 Å². The number of benzene rings is 2. The molecule has 1 aliphatic heterocycles. The van der Waals surface area contributed by atoms with Gasteiger partial charge in [-0.1, -0.05) is 30.3 Å². The zero-order chi connectivity index (χ0) is 14.2. The van der Waals surface area contributed by atoms with Gasteiger partial charge in [-0.25, -0.2) is 0 Å². The summed E-state index contributed by atoms with van der Waals surface area (Å²) in [5.41, 5.74) is 0.952. The van der Waals surface area contributed by atoms with E-state index in [0.717, 1.165) is 5.56 Å². The predicted molar refractivity (Wildman–Crippen MR) is 76.3 cm³/mol. The highest BCUT2D eigenvalue weighted by molar-refractivity contribution is 6.07. The van der Waals surface area contributed by atoms with Crippen molar-refractivity contribution >= 4 is 5.78 Å². The highest BCUT2D eigenvalue weighted by Crippen LogP contribution is 2.37. The Labute approximate surface area is 118 Å². The number of ketones is 1. The second-order valence-electron chi connectivity index (χ2n) is 5.37. The lowest BCUT2D eigenvalue weighted by molar-refractivity contribution is 0.0684. The molecular weight excluding hydrogens is 252 g/mol. The minimum Gasteiger partial charge on any atom is -0.489 e. The van der Waals surface area contributed by atoms with Crippen LogP contribution in [0.4, 0.5) is 0 Å². The van der Waals surface area contributed by atoms with Gasteiger partial charge in [0.25, 0.3) is 0 Å². The summed E-state index contributed by atoms with van der Waals surface area (Å²) in [5, 5.41) is 0. The second kappa shape index (κ2) is 4.67. The van der Waals surface area contributed by atoms with Gasteiger partial charge in [-0.2, -0.15) is 0 Å². The van der Waals surface area contributed by atoms with Crippen molar-refractivity contribution in [1.82, 2.24) is 0 Å². The summed E-state index contributed by atoms with van der Waals surface area (Å²) in [7, 11) is 0. The summed E-state index contributed by atoms with van der Waals surface area (Å²) in [5.74, 6) is 1.32. The van der Waals surface area contributed by atoms with Gasteiger partial charge in [0.2, 0.25) is 5.78 Å². The van der Waals surface area contributed by atoms with Crippen LogP contribution in [0.25, 0.3) is 0 Å². The molecule has 0 aliphatic carbocycles. The largest absolute Gasteiger partial charge is 0.489 e. The van der Waals surface area contributed by atoms with Crippen LogP contribution in [0.15, 0.2) is 48.5 Å². The van der Waals surface area contributed by atoms with E-state index in [4.69, 9.17) is 9.47 Å². The average Bonchev–Trinajstić information content (AvgIpc) is 2.67. The molecule has 20 heavy (non-hydrogen) atoms. The van der Waals surface area contributed by atoms with E-state index in [9.17, 15) is 4.79 Å². The Hall–Kier alpha value is -2.29.